The number of nitrogens with one attached hydrogen (secondary N) is 2. The number of rotatable bonds is 18. The summed E-state index contributed by atoms with van der Waals surface area (Å²) in [5, 5.41) is 50.4. The Morgan fingerprint density at radius 2 is 1.03 bits per heavy atom. The van der Waals surface area contributed by atoms with E-state index in [1.54, 1.807) is 30.5 Å². The number of aromatic nitrogens is 1. The number of pyridine rings is 1. The van der Waals surface area contributed by atoms with E-state index in [4.69, 9.17) is 15.8 Å². The molecule has 0 saturated carbocycles. The quantitative estimate of drug-likeness (QED) is 0.0388. The van der Waals surface area contributed by atoms with Gasteiger partial charge in [0.1, 0.15) is 6.07 Å². The van der Waals surface area contributed by atoms with Gasteiger partial charge in [-0.05, 0) is 145 Å². The third-order valence-corrected chi connectivity index (χ3v) is 11.7. The Morgan fingerprint density at radius 3 is 1.46 bits per heavy atom. The Kier molecular flexibility index (Phi) is 14.8. The number of unbranched alkanes of at least 4 members (excludes halogenated alkanes) is 1. The van der Waals surface area contributed by atoms with Gasteiger partial charge in [0.05, 0.1) is 23.8 Å². The summed E-state index contributed by atoms with van der Waals surface area (Å²) in [4.78, 5) is 4.47. The van der Waals surface area contributed by atoms with Gasteiger partial charge in [-0.3, -0.25) is 4.98 Å². The lowest BCUT2D eigenvalue weighted by atomic mass is 9.81. The van der Waals surface area contributed by atoms with Crippen LogP contribution in [-0.2, 0) is 6.42 Å². The Hall–Kier alpha value is -9.01. The van der Waals surface area contributed by atoms with Gasteiger partial charge in [-0.1, -0.05) is 124 Å². The fraction of sp³-hybridized carbons (Fsp3) is 0.117. The summed E-state index contributed by atoms with van der Waals surface area (Å²) in [7, 11) is 0. The molecular weight excluding hydrogens is 819 g/mol. The molecule has 2 unspecified atom stereocenters. The molecule has 7 nitrogen and oxygen atoms in total. The molecule has 67 heavy (non-hydrogen) atoms. The number of dihydropyridines is 2. The van der Waals surface area contributed by atoms with Crippen molar-refractivity contribution in [2.24, 2.45) is 0 Å². The highest BCUT2D eigenvalue weighted by atomic mass is 14.9. The van der Waals surface area contributed by atoms with Crippen LogP contribution in [0.5, 0.6) is 0 Å². The SMILES string of the molecule is C=C(C#N)/C=C\CC/C=C\C(=C)c1cc(C2=CNC(C/C=C\C(=C)C#N)C=C2)c2ccc3c(C(=C)/C=C\Cc4ccc(C#N)cn4)cc(C4=CNC(C/C=C\C(=C)C#N)C=C4)c4ccc1c2c34. The molecule has 324 valence electrons. The van der Waals surface area contributed by atoms with E-state index in [1.807, 2.05) is 24.3 Å². The van der Waals surface area contributed by atoms with Crippen molar-refractivity contribution in [1.82, 2.24) is 15.6 Å². The fourth-order valence-electron chi connectivity index (χ4n) is 8.25. The summed E-state index contributed by atoms with van der Waals surface area (Å²) < 4.78 is 0. The van der Waals surface area contributed by atoms with E-state index < -0.39 is 0 Å². The maximum atomic E-state index is 9.26. The second kappa shape index (κ2) is 21.6. The van der Waals surface area contributed by atoms with Crippen molar-refractivity contribution < 1.29 is 0 Å². The third kappa shape index (κ3) is 10.9. The molecule has 0 bridgehead atoms. The predicted octanol–water partition coefficient (Wildman–Crippen LogP) is 13.4. The lowest BCUT2D eigenvalue weighted by Crippen LogP contribution is -2.23. The van der Waals surface area contributed by atoms with E-state index in [2.05, 4.69) is 170 Å². The molecule has 7 heteroatoms. The lowest BCUT2D eigenvalue weighted by molar-refractivity contribution is 0.705. The average Bonchev–Trinajstić information content (AvgIpc) is 3.36. The van der Waals surface area contributed by atoms with E-state index in [9.17, 15) is 5.26 Å². The van der Waals surface area contributed by atoms with Crippen molar-refractivity contribution in [3.05, 3.63) is 235 Å². The minimum absolute atomic E-state index is 0.0507. The van der Waals surface area contributed by atoms with Crippen molar-refractivity contribution in [3.8, 4) is 24.3 Å². The third-order valence-electron chi connectivity index (χ3n) is 11.7. The van der Waals surface area contributed by atoms with Crippen LogP contribution in [0.25, 0.3) is 54.6 Å². The van der Waals surface area contributed by atoms with Gasteiger partial charge in [-0.2, -0.15) is 21.0 Å². The van der Waals surface area contributed by atoms with Crippen molar-refractivity contribution in [2.75, 3.05) is 0 Å². The predicted molar refractivity (Wildman–Crippen MR) is 277 cm³/mol. The van der Waals surface area contributed by atoms with E-state index in [0.29, 0.717) is 41.5 Å². The van der Waals surface area contributed by atoms with Gasteiger partial charge >= 0.3 is 0 Å². The summed E-state index contributed by atoms with van der Waals surface area (Å²) in [6.07, 6.45) is 37.4. The monoisotopic (exact) mass is 867 g/mol. The molecule has 3 heterocycles. The zero-order valence-electron chi connectivity index (χ0n) is 37.4. The zero-order chi connectivity index (χ0) is 47.3. The highest BCUT2D eigenvalue weighted by Gasteiger charge is 2.22. The van der Waals surface area contributed by atoms with Crippen LogP contribution in [0.2, 0.25) is 0 Å². The first kappa shape index (κ1) is 46.0. The van der Waals surface area contributed by atoms with Crippen molar-refractivity contribution in [3.63, 3.8) is 0 Å². The molecule has 4 aromatic carbocycles. The normalized spacial score (nSPS) is 15.7. The molecule has 2 atom stereocenters. The average molecular weight is 868 g/mol. The van der Waals surface area contributed by atoms with Crippen LogP contribution in [0.1, 0.15) is 59.2 Å². The summed E-state index contributed by atoms with van der Waals surface area (Å²) in [6, 6.07) is 25.5. The number of hydrogen-bond acceptors (Lipinski definition) is 7. The number of nitrogens with zero attached hydrogens (tertiary/aromatic N) is 5. The molecule has 0 amide bonds. The molecule has 0 radical (unpaired) electrons. The maximum absolute atomic E-state index is 9.26. The molecule has 0 spiro atoms. The van der Waals surface area contributed by atoms with Crippen molar-refractivity contribution in [1.29, 1.82) is 21.0 Å². The zero-order valence-corrected chi connectivity index (χ0v) is 37.4. The van der Waals surface area contributed by atoms with Crippen LogP contribution in [0.15, 0.2) is 202 Å². The summed E-state index contributed by atoms with van der Waals surface area (Å²) >= 11 is 0. The topological polar surface area (TPSA) is 132 Å². The molecular formula is C60H49N7. The summed E-state index contributed by atoms with van der Waals surface area (Å²) in [5.74, 6) is 0. The molecule has 2 aliphatic heterocycles. The van der Waals surface area contributed by atoms with E-state index in [1.165, 1.54) is 0 Å². The lowest BCUT2D eigenvalue weighted by Gasteiger charge is -2.24. The maximum Gasteiger partial charge on any atom is 0.101 e. The van der Waals surface area contributed by atoms with Gasteiger partial charge in [-0.25, -0.2) is 0 Å². The second-order valence-corrected chi connectivity index (χ2v) is 16.4. The smallest absolute Gasteiger partial charge is 0.101 e. The molecule has 7 rings (SSSR count). The molecule has 0 aliphatic carbocycles. The van der Waals surface area contributed by atoms with Crippen LogP contribution < -0.4 is 10.6 Å². The van der Waals surface area contributed by atoms with Crippen molar-refractivity contribution >= 4 is 54.6 Å². The Morgan fingerprint density at radius 1 is 0.567 bits per heavy atom. The standard InChI is InChI=1S/C60H49N7/c1-40(33-61)13-8-6-7-9-16-43(4)55-31-57(46-22-25-49(66-38-46)18-10-14-41(2)34-62)53-30-28-52-56(44(5)17-12-20-48-24-21-45(36-64)37-65-48)32-58(54-29-27-51(55)59(53)60(52)54)47-23-26-50(67-39-47)19-11-15-42(3)35-63/h8-17,21-32,37-39,49-50,66-67H,1-7,18-20H2/b13-8-,14-10-,15-11-,16-9-,17-12-. The minimum atomic E-state index is 0.0507. The van der Waals surface area contributed by atoms with Gasteiger partial charge in [-0.15, -0.1) is 0 Å². The van der Waals surface area contributed by atoms with Crippen LogP contribution in [0, 0.1) is 45.3 Å². The van der Waals surface area contributed by atoms with Gasteiger partial charge in [0.25, 0.3) is 0 Å². The van der Waals surface area contributed by atoms with Gasteiger partial charge in [0.2, 0.25) is 0 Å². The van der Waals surface area contributed by atoms with Gasteiger partial charge < -0.3 is 10.6 Å². The summed E-state index contributed by atoms with van der Waals surface area (Å²) in [6.45, 7) is 20.5. The molecule has 1 aromatic heterocycles. The second-order valence-electron chi connectivity index (χ2n) is 16.4. The van der Waals surface area contributed by atoms with E-state index in [-0.39, 0.29) is 12.1 Å². The molecule has 0 saturated heterocycles. The van der Waals surface area contributed by atoms with Crippen molar-refractivity contribution in [2.45, 2.75) is 44.2 Å². The first-order valence-corrected chi connectivity index (χ1v) is 22.0. The first-order chi connectivity index (χ1) is 32.6. The van der Waals surface area contributed by atoms with Crippen LogP contribution in [-0.4, -0.2) is 17.1 Å². The highest BCUT2D eigenvalue weighted by Crippen LogP contribution is 2.46. The number of nitriles is 4. The number of allylic oxidation sites excluding steroid dienone is 17. The van der Waals surface area contributed by atoms with Gasteiger partial charge in [0.15, 0.2) is 0 Å². The molecule has 2 N–H and O–H groups in total. The molecule has 5 aromatic rings. The summed E-state index contributed by atoms with van der Waals surface area (Å²) in [5.41, 5.74) is 10.6. The minimum Gasteiger partial charge on any atom is -0.384 e. The number of hydrogen-bond donors (Lipinski definition) is 2. The first-order valence-electron chi connectivity index (χ1n) is 22.0. The Labute approximate surface area is 393 Å². The molecule has 0 fully saturated rings. The largest absolute Gasteiger partial charge is 0.384 e. The van der Waals surface area contributed by atoms with E-state index in [0.717, 1.165) is 95.4 Å². The molecule has 2 aliphatic rings. The van der Waals surface area contributed by atoms with Crippen LogP contribution >= 0.6 is 0 Å². The van der Waals surface area contributed by atoms with Crippen LogP contribution in [0.4, 0.5) is 0 Å². The van der Waals surface area contributed by atoms with Gasteiger partial charge in [0, 0.05) is 59.5 Å². The van der Waals surface area contributed by atoms with E-state index >= 15 is 0 Å². The Balaban J connectivity index is 1.37. The highest BCUT2D eigenvalue weighted by molar-refractivity contribution is 6.29. The van der Waals surface area contributed by atoms with Crippen LogP contribution in [0.3, 0.4) is 0 Å². The fourth-order valence-corrected chi connectivity index (χ4v) is 8.25. The Bertz CT molecular complexity index is 3290. The number of benzene rings is 4.